The molecule has 0 radical (unpaired) electrons. The molecule has 21 heavy (non-hydrogen) atoms. The molecule has 0 spiro atoms. The number of H-pyrrole nitrogens is 1. The molecule has 4 nitrogen and oxygen atoms in total. The van der Waals surface area contributed by atoms with Gasteiger partial charge in [0.05, 0.1) is 13.7 Å². The van der Waals surface area contributed by atoms with Crippen molar-refractivity contribution in [2.24, 2.45) is 0 Å². The lowest BCUT2D eigenvalue weighted by atomic mass is 9.75. The van der Waals surface area contributed by atoms with Gasteiger partial charge in [-0.15, -0.1) is 0 Å². The summed E-state index contributed by atoms with van der Waals surface area (Å²) in [7, 11) is 1.75. The zero-order valence-electron chi connectivity index (χ0n) is 12.9. The smallest absolute Gasteiger partial charge is 0.125 e. The van der Waals surface area contributed by atoms with Crippen LogP contribution in [0.5, 0.6) is 5.75 Å². The van der Waals surface area contributed by atoms with E-state index in [1.165, 1.54) is 22.0 Å². The zero-order valence-corrected chi connectivity index (χ0v) is 12.9. The van der Waals surface area contributed by atoms with Crippen LogP contribution in [-0.2, 0) is 16.8 Å². The molecule has 1 saturated heterocycles. The van der Waals surface area contributed by atoms with Crippen LogP contribution in [0.15, 0.2) is 18.3 Å². The van der Waals surface area contributed by atoms with Crippen molar-refractivity contribution in [3.05, 3.63) is 29.5 Å². The van der Waals surface area contributed by atoms with Crippen LogP contribution in [0.25, 0.3) is 10.9 Å². The third kappa shape index (κ3) is 1.63. The molecule has 1 aromatic heterocycles. The van der Waals surface area contributed by atoms with E-state index in [9.17, 15) is 0 Å². The number of ether oxygens (including phenoxy) is 2. The predicted octanol–water partition coefficient (Wildman–Crippen LogP) is 2.67. The Morgan fingerprint density at radius 1 is 1.48 bits per heavy atom. The van der Waals surface area contributed by atoms with Crippen LogP contribution in [0, 0.1) is 0 Å². The van der Waals surface area contributed by atoms with Gasteiger partial charge in [-0.3, -0.25) is 4.90 Å². The van der Waals surface area contributed by atoms with Crippen LogP contribution in [0.4, 0.5) is 0 Å². The highest BCUT2D eigenvalue weighted by Gasteiger charge is 2.48. The molecule has 2 aliphatic rings. The summed E-state index contributed by atoms with van der Waals surface area (Å²) in [4.78, 5) is 5.94. The van der Waals surface area contributed by atoms with Crippen molar-refractivity contribution in [1.29, 1.82) is 0 Å². The molecule has 2 heterocycles. The molecule has 1 aliphatic heterocycles. The maximum Gasteiger partial charge on any atom is 0.125 e. The standard InChI is InChI=1S/C17H22N2O2/c1-4-19-7-8-21-17(2)14(19)9-11-10-18-12-5-6-13(20-3)16(17)15(11)12/h5-6,10,14,18H,4,7-9H2,1-3H3/t14-,17+/m1/s1. The number of hydrogen-bond donors (Lipinski definition) is 1. The summed E-state index contributed by atoms with van der Waals surface area (Å²) in [6.45, 7) is 7.31. The number of fused-ring (bicyclic) bond motifs is 2. The van der Waals surface area contributed by atoms with Crippen molar-refractivity contribution in [1.82, 2.24) is 9.88 Å². The van der Waals surface area contributed by atoms with Crippen LogP contribution in [-0.4, -0.2) is 42.7 Å². The highest BCUT2D eigenvalue weighted by atomic mass is 16.5. The molecule has 4 heteroatoms. The summed E-state index contributed by atoms with van der Waals surface area (Å²) in [5.74, 6) is 0.938. The van der Waals surface area contributed by atoms with Crippen LogP contribution >= 0.6 is 0 Å². The molecule has 1 N–H and O–H groups in total. The van der Waals surface area contributed by atoms with E-state index in [0.717, 1.165) is 31.9 Å². The Bertz CT molecular complexity index is 693. The van der Waals surface area contributed by atoms with Crippen molar-refractivity contribution in [3.63, 3.8) is 0 Å². The average molecular weight is 286 g/mol. The van der Waals surface area contributed by atoms with E-state index < -0.39 is 0 Å². The van der Waals surface area contributed by atoms with E-state index in [1.54, 1.807) is 7.11 Å². The molecule has 0 bridgehead atoms. The Morgan fingerprint density at radius 3 is 3.10 bits per heavy atom. The van der Waals surface area contributed by atoms with Crippen molar-refractivity contribution >= 4 is 10.9 Å². The van der Waals surface area contributed by atoms with Gasteiger partial charge in [0.25, 0.3) is 0 Å². The van der Waals surface area contributed by atoms with Crippen molar-refractivity contribution in [2.45, 2.75) is 31.9 Å². The van der Waals surface area contributed by atoms with Crippen molar-refractivity contribution in [2.75, 3.05) is 26.8 Å². The normalized spacial score (nSPS) is 28.6. The lowest BCUT2D eigenvalue weighted by Crippen LogP contribution is -2.58. The highest BCUT2D eigenvalue weighted by molar-refractivity contribution is 5.91. The van der Waals surface area contributed by atoms with Crippen LogP contribution in [0.1, 0.15) is 25.0 Å². The Balaban J connectivity index is 2.00. The fourth-order valence-electron chi connectivity index (χ4n) is 4.22. The molecular formula is C17H22N2O2. The van der Waals surface area contributed by atoms with E-state index in [2.05, 4.69) is 42.1 Å². The molecule has 0 amide bonds. The molecule has 1 aromatic carbocycles. The van der Waals surface area contributed by atoms with Gasteiger partial charge in [-0.05, 0) is 37.6 Å². The molecule has 112 valence electrons. The second-order valence-corrected chi connectivity index (χ2v) is 6.18. The molecule has 2 aromatic rings. The van der Waals surface area contributed by atoms with Crippen molar-refractivity contribution < 1.29 is 9.47 Å². The van der Waals surface area contributed by atoms with Gasteiger partial charge in [-0.1, -0.05) is 6.92 Å². The van der Waals surface area contributed by atoms with E-state index in [-0.39, 0.29) is 5.60 Å². The molecule has 0 saturated carbocycles. The lowest BCUT2D eigenvalue weighted by Gasteiger charge is -2.50. The molecule has 1 fully saturated rings. The summed E-state index contributed by atoms with van der Waals surface area (Å²) in [6.07, 6.45) is 3.18. The Morgan fingerprint density at radius 2 is 2.33 bits per heavy atom. The monoisotopic (exact) mass is 286 g/mol. The maximum atomic E-state index is 6.32. The number of nitrogens with one attached hydrogen (secondary N) is 1. The Kier molecular flexibility index (Phi) is 2.81. The number of likely N-dealkylation sites (N-methyl/N-ethyl adjacent to an activating group) is 1. The van der Waals surface area contributed by atoms with Crippen LogP contribution in [0.3, 0.4) is 0 Å². The third-order valence-electron chi connectivity index (χ3n) is 5.28. The van der Waals surface area contributed by atoms with Crippen LogP contribution < -0.4 is 4.74 Å². The van der Waals surface area contributed by atoms with Crippen molar-refractivity contribution in [3.8, 4) is 5.75 Å². The number of hydrogen-bond acceptors (Lipinski definition) is 3. The number of rotatable bonds is 2. The Hall–Kier alpha value is -1.52. The number of aromatic nitrogens is 1. The van der Waals surface area contributed by atoms with Gasteiger partial charge in [0.15, 0.2) is 0 Å². The molecule has 4 rings (SSSR count). The van der Waals surface area contributed by atoms with E-state index in [4.69, 9.17) is 9.47 Å². The Labute approximate surface area is 125 Å². The number of methoxy groups -OCH3 is 1. The number of benzene rings is 1. The molecular weight excluding hydrogens is 264 g/mol. The number of morpholine rings is 1. The lowest BCUT2D eigenvalue weighted by molar-refractivity contribution is -0.144. The van der Waals surface area contributed by atoms with E-state index in [1.807, 2.05) is 0 Å². The van der Waals surface area contributed by atoms with Crippen LogP contribution in [0.2, 0.25) is 0 Å². The highest BCUT2D eigenvalue weighted by Crippen LogP contribution is 2.49. The summed E-state index contributed by atoms with van der Waals surface area (Å²) in [5, 5.41) is 1.30. The fraction of sp³-hybridized carbons (Fsp3) is 0.529. The van der Waals surface area contributed by atoms with Gasteiger partial charge < -0.3 is 14.5 Å². The zero-order chi connectivity index (χ0) is 14.6. The topological polar surface area (TPSA) is 37.5 Å². The van der Waals surface area contributed by atoms with Gasteiger partial charge in [-0.25, -0.2) is 0 Å². The average Bonchev–Trinajstić information content (AvgIpc) is 2.91. The maximum absolute atomic E-state index is 6.32. The third-order valence-corrected chi connectivity index (χ3v) is 5.28. The summed E-state index contributed by atoms with van der Waals surface area (Å²) in [6, 6.07) is 4.53. The molecule has 2 atom stereocenters. The summed E-state index contributed by atoms with van der Waals surface area (Å²) < 4.78 is 12.0. The first kappa shape index (κ1) is 13.2. The fourth-order valence-corrected chi connectivity index (χ4v) is 4.22. The largest absolute Gasteiger partial charge is 0.496 e. The molecule has 1 aliphatic carbocycles. The second-order valence-electron chi connectivity index (χ2n) is 6.18. The quantitative estimate of drug-likeness (QED) is 0.922. The predicted molar refractivity (Wildman–Crippen MR) is 82.9 cm³/mol. The van der Waals surface area contributed by atoms with Gasteiger partial charge in [0, 0.05) is 35.2 Å². The summed E-state index contributed by atoms with van der Waals surface area (Å²) >= 11 is 0. The first-order valence-electron chi connectivity index (χ1n) is 7.74. The van der Waals surface area contributed by atoms with Gasteiger partial charge in [-0.2, -0.15) is 0 Å². The summed E-state index contributed by atoms with van der Waals surface area (Å²) in [5.41, 5.74) is 3.48. The van der Waals surface area contributed by atoms with Gasteiger partial charge >= 0.3 is 0 Å². The first-order valence-corrected chi connectivity index (χ1v) is 7.74. The number of nitrogens with zero attached hydrogens (tertiary/aromatic N) is 1. The first-order chi connectivity index (χ1) is 10.2. The SMILES string of the molecule is CCN1CCO[C@]2(C)c3c(OC)ccc4[nH]cc(c34)C[C@@H]12. The second kappa shape index (κ2) is 4.49. The van der Waals surface area contributed by atoms with E-state index in [0.29, 0.717) is 6.04 Å². The minimum Gasteiger partial charge on any atom is -0.496 e. The van der Waals surface area contributed by atoms with Gasteiger partial charge in [0.2, 0.25) is 0 Å². The molecule has 0 unspecified atom stereocenters. The van der Waals surface area contributed by atoms with Gasteiger partial charge in [0.1, 0.15) is 11.4 Å². The van der Waals surface area contributed by atoms with E-state index >= 15 is 0 Å². The minimum atomic E-state index is -0.297. The number of aromatic amines is 1. The minimum absolute atomic E-state index is 0.297.